The molecule has 14 nitrogen and oxygen atoms in total. The number of piperidine rings is 1. The lowest BCUT2D eigenvalue weighted by atomic mass is 9.97. The SMILES string of the molecule is C.C.C.CC(C)c1ccc2c(c1)OC(F)(F)O2.CC(C)c1ccc2c(c1)OCCN2C.CC(C)c1cccc(-c2ccncc2)c1.CC(C)c1cccc(OC2CCCCC2)c1.CC(C)c1cccc(O[C@@H]2CCNC2)c1.CC(C)c1cnc2c(c1)OCCN2C.COc1ccccc1C(C)C.Cc1ccc(C(C)C)cc1.Cc1ccc(C(C)C)cc1.Cc1ccccc1C(C)C.Cc1nc(N2CCCCC2)sc1C(C)C. The number of pyridine rings is 2. The van der Waals surface area contributed by atoms with Crippen molar-refractivity contribution >= 4 is 28.0 Å². The second kappa shape index (κ2) is 64.9. The first-order valence-electron chi connectivity index (χ1n) is 53.2. The van der Waals surface area contributed by atoms with Crippen LogP contribution in [0.1, 0.15) is 380 Å². The maximum absolute atomic E-state index is 12.6. The molecule has 1 aliphatic carbocycles. The van der Waals surface area contributed by atoms with Crippen molar-refractivity contribution in [3.05, 3.63) is 326 Å². The molecule has 0 unspecified atom stereocenters. The van der Waals surface area contributed by atoms with Gasteiger partial charge in [0.25, 0.3) is 0 Å². The Bertz CT molecular complexity index is 5540. The molecule has 9 aromatic carbocycles. The standard InChI is InChI=1S/C15H22O.C14H15N.C13H19NO.C12H20N2S.C12H17NO.C11H16N2O.C10H10F2O2.C10H14O.3C10H14.3CH4/c1-12(2)13-7-6-10-15(11-13)16-14-8-4-3-5-9-14;1-11(2)13-4-3-5-14(10-13)12-6-8-15-9-7-12;1-10(2)11-4-3-5-12(8-11)15-13-6-7-14-9-13;1-9(2)11-10(3)13-12(15-11)14-7-5-4-6-8-14;1-9(2)10-4-5-11-12(8-10)14-7-6-13(11)3;1-8(2)9-6-10-11(12-7-9)13(3)4-5-14-10;1-6(2)7-3-4-8-9(5-7)14-10(11,12)13-8;1-8(2)9-6-4-5-7-10(9)11-3;2*1-8(2)10-6-4-9(3)5-7-10;1-8(2)10-7-5-4-6-9(10)3;;;/h6-7,10-12,14H,3-5,8-9H2,1-2H3;3-11H,1-2H3;3-5,8,10,13-14H,6-7,9H2,1-2H3;9H,4-8H2,1-3H3;4-5,8-9H,6-7H2,1-3H3;6-8H,4-5H2,1-3H3;3-6H,1-2H3;4-8H,1-3H3;3*4-8H,1-3H3;3*1H4/t;;13-;;;;;;;;;;;/m..1.........../s1. The second-order valence-corrected chi connectivity index (χ2v) is 43.0. The normalized spacial score (nSPS) is 14.4. The number of rotatable bonds is 18. The highest BCUT2D eigenvalue weighted by atomic mass is 32.1. The Balaban J connectivity index is 0.000000285. The van der Waals surface area contributed by atoms with Crippen LogP contribution in [0, 0.1) is 27.7 Å². The number of methoxy groups -OCH3 is 1. The van der Waals surface area contributed by atoms with Gasteiger partial charge in [-0.1, -0.05) is 344 Å². The third kappa shape index (κ3) is 43.1. The third-order valence-corrected chi connectivity index (χ3v) is 27.7. The van der Waals surface area contributed by atoms with Crippen LogP contribution in [0.25, 0.3) is 11.1 Å². The number of alkyl halides is 2. The van der Waals surface area contributed by atoms with Gasteiger partial charge in [0.1, 0.15) is 42.3 Å². The molecule has 18 rings (SSSR count). The highest BCUT2D eigenvalue weighted by Crippen LogP contribution is 2.43. The number of nitrogens with one attached hydrogen (secondary N) is 1. The molecular formula is C130H187F2N7O7S. The van der Waals surface area contributed by atoms with Gasteiger partial charge in [-0.3, -0.25) is 4.98 Å². The van der Waals surface area contributed by atoms with Gasteiger partial charge in [0.2, 0.25) is 0 Å². The summed E-state index contributed by atoms with van der Waals surface area (Å²) in [5.74, 6) is 12.3. The summed E-state index contributed by atoms with van der Waals surface area (Å²) in [5, 5.41) is 4.55. The zero-order valence-electron chi connectivity index (χ0n) is 92.8. The highest BCUT2D eigenvalue weighted by molar-refractivity contribution is 7.15. The Kier molecular flexibility index (Phi) is 55.7. The van der Waals surface area contributed by atoms with Crippen LogP contribution in [0.3, 0.4) is 0 Å². The molecule has 1 saturated carbocycles. The van der Waals surface area contributed by atoms with Gasteiger partial charge in [-0.05, 0) is 296 Å². The van der Waals surface area contributed by atoms with Gasteiger partial charge in [0.15, 0.2) is 28.2 Å². The maximum Gasteiger partial charge on any atom is 0.586 e. The molecule has 17 heteroatoms. The minimum Gasteiger partial charge on any atom is -0.496 e. The van der Waals surface area contributed by atoms with Crippen LogP contribution in [0.15, 0.2) is 243 Å². The number of para-hydroxylation sites is 1. The van der Waals surface area contributed by atoms with E-state index in [1.807, 2.05) is 87.2 Å². The molecular weight excluding hydrogens is 1840 g/mol. The number of thiazole rings is 1. The fourth-order valence-electron chi connectivity index (χ4n) is 16.9. The minimum absolute atomic E-state index is 0. The molecule has 0 radical (unpaired) electrons. The lowest BCUT2D eigenvalue weighted by Gasteiger charge is -2.28. The number of aryl methyl sites for hydroxylation is 4. The Hall–Kier alpha value is -11.3. The van der Waals surface area contributed by atoms with E-state index in [4.69, 9.17) is 28.7 Å². The fourth-order valence-corrected chi connectivity index (χ4v) is 18.0. The summed E-state index contributed by atoms with van der Waals surface area (Å²) in [6, 6.07) is 77.3. The van der Waals surface area contributed by atoms with E-state index in [9.17, 15) is 8.78 Å². The van der Waals surface area contributed by atoms with Crippen LogP contribution in [-0.2, 0) is 0 Å². The van der Waals surface area contributed by atoms with Crippen LogP contribution in [0.5, 0.6) is 40.2 Å². The third-order valence-electron chi connectivity index (χ3n) is 26.2. The van der Waals surface area contributed by atoms with Crippen molar-refractivity contribution in [1.29, 1.82) is 0 Å². The number of likely N-dealkylation sites (N-methyl/N-ethyl adjacent to an activating group) is 2. The molecule has 5 aliphatic heterocycles. The molecule has 2 saturated heterocycles. The zero-order valence-corrected chi connectivity index (χ0v) is 93.6. The van der Waals surface area contributed by atoms with Crippen molar-refractivity contribution in [2.24, 2.45) is 0 Å². The monoisotopic (exact) mass is 2030 g/mol. The Labute approximate surface area is 893 Å². The Morgan fingerprint density at radius 1 is 0.395 bits per heavy atom. The number of hydrogen-bond donors (Lipinski definition) is 1. The summed E-state index contributed by atoms with van der Waals surface area (Å²) >= 11 is 1.89. The smallest absolute Gasteiger partial charge is 0.496 e. The quantitative estimate of drug-likeness (QED) is 0.0876. The number of aromatic nitrogens is 3. The van der Waals surface area contributed by atoms with E-state index in [-0.39, 0.29) is 39.7 Å². The first-order valence-corrected chi connectivity index (χ1v) is 54.0. The van der Waals surface area contributed by atoms with E-state index in [1.54, 1.807) is 19.2 Å². The lowest BCUT2D eigenvalue weighted by Crippen LogP contribution is -2.29. The van der Waals surface area contributed by atoms with Crippen LogP contribution in [0.2, 0.25) is 0 Å². The van der Waals surface area contributed by atoms with Gasteiger partial charge in [-0.2, -0.15) is 0 Å². The molecule has 12 aromatic rings. The van der Waals surface area contributed by atoms with Crippen LogP contribution in [-0.4, -0.2) is 107 Å². The van der Waals surface area contributed by atoms with E-state index in [2.05, 4.69) is 383 Å². The first-order chi connectivity index (χ1) is 68.7. The lowest BCUT2D eigenvalue weighted by molar-refractivity contribution is -0.286. The number of nitrogens with zero attached hydrogens (tertiary/aromatic N) is 6. The van der Waals surface area contributed by atoms with Gasteiger partial charge in [0.05, 0.1) is 37.7 Å². The predicted molar refractivity (Wildman–Crippen MR) is 627 cm³/mol. The highest BCUT2D eigenvalue weighted by Gasteiger charge is 2.43. The molecule has 0 amide bonds. The first kappa shape index (κ1) is 126. The van der Waals surface area contributed by atoms with Crippen molar-refractivity contribution in [3.63, 3.8) is 0 Å². The van der Waals surface area contributed by atoms with E-state index in [0.29, 0.717) is 71.4 Å². The van der Waals surface area contributed by atoms with Crippen molar-refractivity contribution in [2.75, 3.05) is 88.4 Å². The van der Waals surface area contributed by atoms with E-state index < -0.39 is 6.29 Å². The van der Waals surface area contributed by atoms with Crippen molar-refractivity contribution in [2.45, 2.75) is 344 Å². The number of benzene rings is 9. The number of anilines is 3. The van der Waals surface area contributed by atoms with E-state index >= 15 is 0 Å². The fraction of sp³-hybridized carbons (Fsp3) is 0.485. The molecule has 3 aromatic heterocycles. The van der Waals surface area contributed by atoms with Crippen molar-refractivity contribution < 1.29 is 41.9 Å². The zero-order chi connectivity index (χ0) is 105. The minimum atomic E-state index is -3.52. The Morgan fingerprint density at radius 3 is 1.33 bits per heavy atom. The predicted octanol–water partition coefficient (Wildman–Crippen LogP) is 36.4. The van der Waals surface area contributed by atoms with Crippen molar-refractivity contribution in [1.82, 2.24) is 20.3 Å². The summed E-state index contributed by atoms with van der Waals surface area (Å²) in [4.78, 5) is 21.4. The topological polar surface area (TPSA) is 125 Å². The molecule has 8 heterocycles. The van der Waals surface area contributed by atoms with Gasteiger partial charge < -0.3 is 53.2 Å². The van der Waals surface area contributed by atoms with E-state index in [0.717, 1.165) is 85.9 Å². The molecule has 804 valence electrons. The molecule has 1 N–H and O–H groups in total. The van der Waals surface area contributed by atoms with E-state index in [1.165, 1.54) is 170 Å². The average Bonchev–Trinajstić information content (AvgIpc) is 1.21. The van der Waals surface area contributed by atoms with Gasteiger partial charge in [-0.25, -0.2) is 9.97 Å². The summed E-state index contributed by atoms with van der Waals surface area (Å²) in [7, 11) is 5.86. The summed E-state index contributed by atoms with van der Waals surface area (Å²) < 4.78 is 62.2. The summed E-state index contributed by atoms with van der Waals surface area (Å²) in [6.07, 6.45) is 14.5. The molecule has 147 heavy (non-hydrogen) atoms. The summed E-state index contributed by atoms with van der Waals surface area (Å²) in [5.41, 5.74) is 22.2. The maximum atomic E-state index is 12.6. The summed E-state index contributed by atoms with van der Waals surface area (Å²) in [6.45, 7) is 64.5. The van der Waals surface area contributed by atoms with Crippen LogP contribution >= 0.6 is 11.3 Å². The van der Waals surface area contributed by atoms with Crippen LogP contribution < -0.4 is 53.2 Å². The number of hydrogen-bond acceptors (Lipinski definition) is 15. The van der Waals surface area contributed by atoms with Crippen LogP contribution in [0.4, 0.5) is 25.4 Å². The molecule has 0 bridgehead atoms. The second-order valence-electron chi connectivity index (χ2n) is 42.0. The van der Waals surface area contributed by atoms with Gasteiger partial charge in [0, 0.05) is 57.2 Å². The van der Waals surface area contributed by atoms with Crippen molar-refractivity contribution in [3.8, 4) is 51.4 Å². The van der Waals surface area contributed by atoms with Gasteiger partial charge in [-0.15, -0.1) is 20.1 Å². The largest absolute Gasteiger partial charge is 0.586 e. The molecule has 3 fully saturated rings. The Morgan fingerprint density at radius 2 is 0.844 bits per heavy atom. The van der Waals surface area contributed by atoms with Gasteiger partial charge >= 0.3 is 6.29 Å². The number of halogens is 2. The number of ether oxygens (including phenoxy) is 7. The number of fused-ring (bicyclic) bond motifs is 3. The molecule has 0 spiro atoms. The average molecular weight is 2030 g/mol. The molecule has 1 atom stereocenters. The molecule has 6 aliphatic rings.